The molecule has 2 fully saturated rings. The van der Waals surface area contributed by atoms with Crippen LogP contribution in [0.15, 0.2) is 107 Å². The first-order valence-corrected chi connectivity index (χ1v) is 15.7. The normalized spacial score (nSPS) is 27.6. The zero-order valence-corrected chi connectivity index (χ0v) is 28.1. The van der Waals surface area contributed by atoms with Gasteiger partial charge < -0.3 is 0 Å². The Hall–Kier alpha value is -3.00. The minimum Gasteiger partial charge on any atom is -0.294 e. The summed E-state index contributed by atoms with van der Waals surface area (Å²) in [6, 6.07) is 0. The fourth-order valence-corrected chi connectivity index (χ4v) is 6.03. The first kappa shape index (κ1) is 35.2. The molecular formula is C40H56O2. The van der Waals surface area contributed by atoms with Gasteiger partial charge in [-0.3, -0.25) is 9.59 Å². The van der Waals surface area contributed by atoms with E-state index >= 15 is 0 Å². The molecule has 0 aromatic rings. The van der Waals surface area contributed by atoms with Crippen LogP contribution in [0.3, 0.4) is 0 Å². The van der Waals surface area contributed by atoms with Crippen LogP contribution in [0, 0.1) is 21.7 Å². The first-order valence-electron chi connectivity index (χ1n) is 15.7. The van der Waals surface area contributed by atoms with Gasteiger partial charge in [-0.2, -0.15) is 0 Å². The lowest BCUT2D eigenvalue weighted by Crippen LogP contribution is -2.36. The van der Waals surface area contributed by atoms with Gasteiger partial charge in [0.15, 0.2) is 11.6 Å². The summed E-state index contributed by atoms with van der Waals surface area (Å²) in [7, 11) is 0. The molecule has 2 rings (SSSR count). The Morgan fingerprint density at radius 3 is 1.05 bits per heavy atom. The highest BCUT2D eigenvalue weighted by atomic mass is 16.1. The van der Waals surface area contributed by atoms with Gasteiger partial charge in [0, 0.05) is 10.8 Å². The van der Waals surface area contributed by atoms with Crippen molar-refractivity contribution in [3.8, 4) is 0 Å². The Kier molecular flexibility index (Phi) is 12.5. The maximum atomic E-state index is 12.9. The van der Waals surface area contributed by atoms with Crippen LogP contribution in [0.1, 0.15) is 108 Å². The fraction of sp³-hybridized carbons (Fsp3) is 0.500. The molecule has 0 radical (unpaired) electrons. The smallest absolute Gasteiger partial charge is 0.162 e. The lowest BCUT2D eigenvalue weighted by molar-refractivity contribution is -0.128. The van der Waals surface area contributed by atoms with Gasteiger partial charge in [-0.15, -0.1) is 0 Å². The Labute approximate surface area is 257 Å². The van der Waals surface area contributed by atoms with Crippen molar-refractivity contribution in [3.05, 3.63) is 107 Å². The second-order valence-electron chi connectivity index (χ2n) is 14.3. The van der Waals surface area contributed by atoms with Crippen LogP contribution in [-0.2, 0) is 9.59 Å². The van der Waals surface area contributed by atoms with E-state index in [1.54, 1.807) is 12.2 Å². The molecule has 0 aliphatic heterocycles. The largest absolute Gasteiger partial charge is 0.294 e. The molecule has 2 aliphatic carbocycles. The number of ketones is 2. The van der Waals surface area contributed by atoms with Crippen LogP contribution in [-0.4, -0.2) is 11.6 Å². The quantitative estimate of drug-likeness (QED) is 0.173. The predicted octanol–water partition coefficient (Wildman–Crippen LogP) is 11.1. The van der Waals surface area contributed by atoms with E-state index in [-0.39, 0.29) is 33.2 Å². The Bertz CT molecular complexity index is 1170. The third-order valence-corrected chi connectivity index (χ3v) is 10.3. The topological polar surface area (TPSA) is 34.1 Å². The minimum absolute atomic E-state index is 0.0620. The van der Waals surface area contributed by atoms with E-state index < -0.39 is 0 Å². The average molecular weight is 569 g/mol. The third-order valence-electron chi connectivity index (χ3n) is 10.3. The highest BCUT2D eigenvalue weighted by Gasteiger charge is 2.49. The standard InChI is InChI=1S/C40H56O2/c1-31(19-13-21-33(3)23-25-35(41)39(9)29-15-27-37(39,5)6)17-11-12-18-32(2)20-14-22-34(4)24-26-36(42)40(10)30-16-28-38(40,7)8/h11-14,17-26H,15-16,27-30H2,1-10H3. The molecule has 0 N–H and O–H groups in total. The molecule has 2 atom stereocenters. The molecular weight excluding hydrogens is 512 g/mol. The predicted molar refractivity (Wildman–Crippen MR) is 182 cm³/mol. The van der Waals surface area contributed by atoms with E-state index in [1.165, 1.54) is 0 Å². The maximum Gasteiger partial charge on any atom is 0.162 e. The summed E-state index contributed by atoms with van der Waals surface area (Å²) in [4.78, 5) is 25.8. The van der Waals surface area contributed by atoms with Crippen LogP contribution in [0.4, 0.5) is 0 Å². The molecule has 2 unspecified atom stereocenters. The van der Waals surface area contributed by atoms with Crippen molar-refractivity contribution in [2.24, 2.45) is 21.7 Å². The first-order chi connectivity index (χ1) is 19.5. The van der Waals surface area contributed by atoms with E-state index in [0.29, 0.717) is 0 Å². The number of carbonyl (C=O) groups is 2. The van der Waals surface area contributed by atoms with E-state index in [4.69, 9.17) is 0 Å². The van der Waals surface area contributed by atoms with Crippen molar-refractivity contribution in [1.29, 1.82) is 0 Å². The number of hydrogen-bond acceptors (Lipinski definition) is 2. The minimum atomic E-state index is -0.257. The van der Waals surface area contributed by atoms with Crippen LogP contribution in [0.2, 0.25) is 0 Å². The highest BCUT2D eigenvalue weighted by molar-refractivity contribution is 5.96. The molecule has 0 bridgehead atoms. The molecule has 2 saturated carbocycles. The molecule has 0 saturated heterocycles. The maximum absolute atomic E-state index is 12.9. The second-order valence-corrected chi connectivity index (χ2v) is 14.3. The molecule has 0 aromatic heterocycles. The molecule has 228 valence electrons. The van der Waals surface area contributed by atoms with Crippen LogP contribution in [0.5, 0.6) is 0 Å². The number of allylic oxidation sites excluding steroid dienone is 18. The summed E-state index contributed by atoms with van der Waals surface area (Å²) >= 11 is 0. The van der Waals surface area contributed by atoms with Crippen molar-refractivity contribution in [3.63, 3.8) is 0 Å². The Balaban J connectivity index is 1.85. The average Bonchev–Trinajstić information content (AvgIpc) is 3.36. The summed E-state index contributed by atoms with van der Waals surface area (Å²) in [6.45, 7) is 21.3. The molecule has 0 spiro atoms. The van der Waals surface area contributed by atoms with Gasteiger partial charge in [0.05, 0.1) is 0 Å². The molecule has 2 nitrogen and oxygen atoms in total. The fourth-order valence-electron chi connectivity index (χ4n) is 6.03. The van der Waals surface area contributed by atoms with Gasteiger partial charge >= 0.3 is 0 Å². The van der Waals surface area contributed by atoms with Crippen molar-refractivity contribution in [2.45, 2.75) is 108 Å². The van der Waals surface area contributed by atoms with E-state index in [9.17, 15) is 9.59 Å². The van der Waals surface area contributed by atoms with Gasteiger partial charge in [-0.1, -0.05) is 150 Å². The molecule has 0 amide bonds. The van der Waals surface area contributed by atoms with Gasteiger partial charge in [-0.05, 0) is 76.4 Å². The van der Waals surface area contributed by atoms with Crippen LogP contribution < -0.4 is 0 Å². The van der Waals surface area contributed by atoms with Crippen molar-refractivity contribution < 1.29 is 9.59 Å². The summed E-state index contributed by atoms with van der Waals surface area (Å²) in [5, 5.41) is 0. The van der Waals surface area contributed by atoms with Crippen LogP contribution in [0.25, 0.3) is 0 Å². The number of rotatable bonds is 12. The van der Waals surface area contributed by atoms with Crippen molar-refractivity contribution in [1.82, 2.24) is 0 Å². The molecule has 0 heterocycles. The Morgan fingerprint density at radius 2 is 0.738 bits per heavy atom. The molecule has 2 aliphatic rings. The summed E-state index contributed by atoms with van der Waals surface area (Å²) in [5.74, 6) is 0.489. The third kappa shape index (κ3) is 9.25. The van der Waals surface area contributed by atoms with E-state index in [1.807, 2.05) is 62.5 Å². The zero-order chi connectivity index (χ0) is 31.6. The van der Waals surface area contributed by atoms with Crippen molar-refractivity contribution in [2.75, 3.05) is 0 Å². The van der Waals surface area contributed by atoms with Gasteiger partial charge in [0.2, 0.25) is 0 Å². The molecule has 0 aromatic carbocycles. The van der Waals surface area contributed by atoms with E-state index in [2.05, 4.69) is 79.7 Å². The number of carbonyl (C=O) groups excluding carboxylic acids is 2. The van der Waals surface area contributed by atoms with Gasteiger partial charge in [0.1, 0.15) is 0 Å². The molecule has 2 heteroatoms. The number of hydrogen-bond donors (Lipinski definition) is 0. The Morgan fingerprint density at radius 1 is 0.429 bits per heavy atom. The van der Waals surface area contributed by atoms with Gasteiger partial charge in [-0.25, -0.2) is 0 Å². The lowest BCUT2D eigenvalue weighted by Gasteiger charge is -2.36. The molecule has 42 heavy (non-hydrogen) atoms. The van der Waals surface area contributed by atoms with Crippen molar-refractivity contribution >= 4 is 11.6 Å². The summed E-state index contributed by atoms with van der Waals surface area (Å²) in [6.07, 6.45) is 34.4. The van der Waals surface area contributed by atoms with E-state index in [0.717, 1.165) is 60.8 Å². The summed E-state index contributed by atoms with van der Waals surface area (Å²) in [5.41, 5.74) is 4.02. The van der Waals surface area contributed by atoms with Crippen LogP contribution >= 0.6 is 0 Å². The monoisotopic (exact) mass is 568 g/mol. The summed E-state index contributed by atoms with van der Waals surface area (Å²) < 4.78 is 0. The highest BCUT2D eigenvalue weighted by Crippen LogP contribution is 2.54. The second kappa shape index (κ2) is 14.9. The zero-order valence-electron chi connectivity index (χ0n) is 28.1. The SMILES string of the molecule is CC(C=CC=C(C)C=CC(=O)C1(C)CCCC1(C)C)=CC=CC=C(C)C=CC=C(C)C=CC(=O)C1(C)CCCC1(C)C. The lowest BCUT2D eigenvalue weighted by atomic mass is 9.66. The van der Waals surface area contributed by atoms with Gasteiger partial charge in [0.25, 0.3) is 0 Å².